The first kappa shape index (κ1) is 11.9. The average molecular weight is 263 g/mol. The molecule has 1 saturated carbocycles. The van der Waals surface area contributed by atoms with Gasteiger partial charge in [-0.05, 0) is 43.0 Å². The molecular formula is C13H17N3OS. The molecule has 0 bridgehead atoms. The summed E-state index contributed by atoms with van der Waals surface area (Å²) in [6, 6.07) is 2.02. The summed E-state index contributed by atoms with van der Waals surface area (Å²) in [5.74, 6) is 1.60. The number of fused-ring (bicyclic) bond motifs is 1. The number of aliphatic hydroxyl groups is 1. The zero-order valence-electron chi connectivity index (χ0n) is 10.2. The highest BCUT2D eigenvalue weighted by Gasteiger charge is 2.19. The lowest BCUT2D eigenvalue weighted by Crippen LogP contribution is -2.23. The van der Waals surface area contributed by atoms with Gasteiger partial charge in [0.2, 0.25) is 0 Å². The Kier molecular flexibility index (Phi) is 3.43. The maximum atomic E-state index is 9.49. The highest BCUT2D eigenvalue weighted by atomic mass is 32.1. The van der Waals surface area contributed by atoms with E-state index in [0.717, 1.165) is 48.3 Å². The number of hydrogen-bond acceptors (Lipinski definition) is 5. The predicted molar refractivity (Wildman–Crippen MR) is 73.9 cm³/mol. The third kappa shape index (κ3) is 2.47. The molecule has 2 heterocycles. The minimum Gasteiger partial charge on any atom is -0.393 e. The van der Waals surface area contributed by atoms with Gasteiger partial charge in [0.1, 0.15) is 12.1 Å². The van der Waals surface area contributed by atoms with Crippen molar-refractivity contribution in [2.75, 3.05) is 11.9 Å². The second-order valence-corrected chi connectivity index (χ2v) is 5.83. The molecule has 0 aromatic carbocycles. The van der Waals surface area contributed by atoms with E-state index in [4.69, 9.17) is 0 Å². The summed E-state index contributed by atoms with van der Waals surface area (Å²) >= 11 is 1.67. The maximum absolute atomic E-state index is 9.49. The fourth-order valence-corrected chi connectivity index (χ4v) is 3.32. The summed E-state index contributed by atoms with van der Waals surface area (Å²) in [6.07, 6.45) is 5.61. The van der Waals surface area contributed by atoms with E-state index in [0.29, 0.717) is 5.92 Å². The van der Waals surface area contributed by atoms with E-state index >= 15 is 0 Å². The molecule has 0 atom stereocenters. The van der Waals surface area contributed by atoms with E-state index in [1.807, 2.05) is 11.4 Å². The molecule has 2 aromatic rings. The van der Waals surface area contributed by atoms with Crippen LogP contribution >= 0.6 is 11.3 Å². The molecule has 0 spiro atoms. The van der Waals surface area contributed by atoms with Gasteiger partial charge in [0.25, 0.3) is 0 Å². The molecule has 1 aliphatic rings. The average Bonchev–Trinajstić information content (AvgIpc) is 2.87. The molecule has 5 heteroatoms. The first-order chi connectivity index (χ1) is 8.83. The number of thiophene rings is 1. The zero-order chi connectivity index (χ0) is 12.4. The van der Waals surface area contributed by atoms with Gasteiger partial charge in [-0.25, -0.2) is 9.97 Å². The van der Waals surface area contributed by atoms with E-state index in [1.165, 1.54) is 0 Å². The minimum absolute atomic E-state index is 0.0793. The van der Waals surface area contributed by atoms with Crippen molar-refractivity contribution in [1.29, 1.82) is 0 Å². The molecule has 4 nitrogen and oxygen atoms in total. The Morgan fingerprint density at radius 1 is 1.28 bits per heavy atom. The largest absolute Gasteiger partial charge is 0.393 e. The molecule has 96 valence electrons. The third-order valence-electron chi connectivity index (χ3n) is 3.62. The van der Waals surface area contributed by atoms with Crippen LogP contribution in [0.4, 0.5) is 5.82 Å². The van der Waals surface area contributed by atoms with Gasteiger partial charge in [0.05, 0.1) is 16.3 Å². The SMILES string of the molecule is OC1CCC(CNc2ncnc3ccsc23)CC1. The topological polar surface area (TPSA) is 58.0 Å². The molecular weight excluding hydrogens is 246 g/mol. The Balaban J connectivity index is 1.64. The van der Waals surface area contributed by atoms with Crippen molar-refractivity contribution in [3.63, 3.8) is 0 Å². The number of hydrogen-bond donors (Lipinski definition) is 2. The van der Waals surface area contributed by atoms with Crippen LogP contribution in [0.1, 0.15) is 25.7 Å². The van der Waals surface area contributed by atoms with Crippen molar-refractivity contribution >= 4 is 27.4 Å². The zero-order valence-corrected chi connectivity index (χ0v) is 11.0. The summed E-state index contributed by atoms with van der Waals surface area (Å²) in [7, 11) is 0. The van der Waals surface area contributed by atoms with Crippen molar-refractivity contribution in [1.82, 2.24) is 9.97 Å². The molecule has 1 aliphatic carbocycles. The van der Waals surface area contributed by atoms with Crippen LogP contribution in [0.3, 0.4) is 0 Å². The molecule has 0 radical (unpaired) electrons. The van der Waals surface area contributed by atoms with Gasteiger partial charge < -0.3 is 10.4 Å². The molecule has 0 unspecified atom stereocenters. The molecule has 0 saturated heterocycles. The molecule has 3 rings (SSSR count). The quantitative estimate of drug-likeness (QED) is 0.894. The summed E-state index contributed by atoms with van der Waals surface area (Å²) in [4.78, 5) is 8.55. The highest BCUT2D eigenvalue weighted by Crippen LogP contribution is 2.27. The number of nitrogens with zero attached hydrogens (tertiary/aromatic N) is 2. The first-order valence-corrected chi connectivity index (χ1v) is 7.31. The van der Waals surface area contributed by atoms with Crippen molar-refractivity contribution in [2.45, 2.75) is 31.8 Å². The summed E-state index contributed by atoms with van der Waals surface area (Å²) in [5.41, 5.74) is 1.01. The Morgan fingerprint density at radius 3 is 2.94 bits per heavy atom. The first-order valence-electron chi connectivity index (χ1n) is 6.43. The van der Waals surface area contributed by atoms with Crippen molar-refractivity contribution in [2.24, 2.45) is 5.92 Å². The van der Waals surface area contributed by atoms with E-state index in [1.54, 1.807) is 17.7 Å². The molecule has 18 heavy (non-hydrogen) atoms. The molecule has 0 amide bonds. The Hall–Kier alpha value is -1.20. The maximum Gasteiger partial charge on any atom is 0.147 e. The fraction of sp³-hybridized carbons (Fsp3) is 0.538. The van der Waals surface area contributed by atoms with Crippen LogP contribution in [0.25, 0.3) is 10.2 Å². The van der Waals surface area contributed by atoms with Crippen LogP contribution in [0.5, 0.6) is 0 Å². The lowest BCUT2D eigenvalue weighted by Gasteiger charge is -2.25. The molecule has 2 aromatic heterocycles. The van der Waals surface area contributed by atoms with Gasteiger partial charge in [-0.2, -0.15) is 0 Å². The monoisotopic (exact) mass is 263 g/mol. The number of aliphatic hydroxyl groups excluding tert-OH is 1. The number of rotatable bonds is 3. The van der Waals surface area contributed by atoms with E-state index in [-0.39, 0.29) is 6.10 Å². The van der Waals surface area contributed by atoms with Gasteiger partial charge in [0, 0.05) is 6.54 Å². The predicted octanol–water partition coefficient (Wildman–Crippen LogP) is 2.65. The van der Waals surface area contributed by atoms with E-state index < -0.39 is 0 Å². The van der Waals surface area contributed by atoms with E-state index in [2.05, 4.69) is 15.3 Å². The van der Waals surface area contributed by atoms with Gasteiger partial charge in [-0.1, -0.05) is 0 Å². The Labute approximate surface area is 110 Å². The van der Waals surface area contributed by atoms with Crippen LogP contribution in [-0.4, -0.2) is 27.7 Å². The van der Waals surface area contributed by atoms with Crippen molar-refractivity contribution in [3.8, 4) is 0 Å². The molecule has 2 N–H and O–H groups in total. The standard InChI is InChI=1S/C13H17N3OS/c17-10-3-1-9(2-4-10)7-14-13-12-11(5-6-18-12)15-8-16-13/h5-6,8-10,17H,1-4,7H2,(H,14,15,16). The van der Waals surface area contributed by atoms with Crippen LogP contribution in [0.2, 0.25) is 0 Å². The molecule has 1 fully saturated rings. The number of aromatic nitrogens is 2. The minimum atomic E-state index is -0.0793. The number of anilines is 1. The van der Waals surface area contributed by atoms with Gasteiger partial charge in [-0.3, -0.25) is 0 Å². The smallest absolute Gasteiger partial charge is 0.147 e. The van der Waals surface area contributed by atoms with Crippen molar-refractivity contribution < 1.29 is 5.11 Å². The fourth-order valence-electron chi connectivity index (χ4n) is 2.50. The molecule has 0 aliphatic heterocycles. The van der Waals surface area contributed by atoms with Crippen LogP contribution in [0.15, 0.2) is 17.8 Å². The summed E-state index contributed by atoms with van der Waals surface area (Å²) < 4.78 is 1.13. The van der Waals surface area contributed by atoms with E-state index in [9.17, 15) is 5.11 Å². The van der Waals surface area contributed by atoms with Crippen molar-refractivity contribution in [3.05, 3.63) is 17.8 Å². The summed E-state index contributed by atoms with van der Waals surface area (Å²) in [6.45, 7) is 0.941. The van der Waals surface area contributed by atoms with Gasteiger partial charge in [-0.15, -0.1) is 11.3 Å². The normalized spacial score (nSPS) is 24.3. The number of nitrogens with one attached hydrogen (secondary N) is 1. The van der Waals surface area contributed by atoms with Gasteiger partial charge >= 0.3 is 0 Å². The van der Waals surface area contributed by atoms with Gasteiger partial charge in [0.15, 0.2) is 0 Å². The third-order valence-corrected chi connectivity index (χ3v) is 4.53. The van der Waals surface area contributed by atoms with Crippen LogP contribution in [0, 0.1) is 5.92 Å². The second kappa shape index (κ2) is 5.20. The lowest BCUT2D eigenvalue weighted by atomic mass is 9.87. The highest BCUT2D eigenvalue weighted by molar-refractivity contribution is 7.17. The van der Waals surface area contributed by atoms with Crippen LogP contribution in [-0.2, 0) is 0 Å². The Bertz CT molecular complexity index is 520. The lowest BCUT2D eigenvalue weighted by molar-refractivity contribution is 0.111. The second-order valence-electron chi connectivity index (χ2n) is 4.91. The summed E-state index contributed by atoms with van der Waals surface area (Å²) in [5, 5.41) is 15.0. The Morgan fingerprint density at radius 2 is 2.11 bits per heavy atom. The van der Waals surface area contributed by atoms with Crippen LogP contribution < -0.4 is 5.32 Å².